The minimum atomic E-state index is -3.47. The minimum absolute atomic E-state index is 0.335. The number of thioether (sulfide) groups is 1. The summed E-state index contributed by atoms with van der Waals surface area (Å²) in [5, 5.41) is 3.21. The number of nitrogens with one attached hydrogen (secondary N) is 2. The van der Waals surface area contributed by atoms with E-state index in [2.05, 4.69) is 10.0 Å². The molecule has 7 heteroatoms. The van der Waals surface area contributed by atoms with E-state index < -0.39 is 10.0 Å². The summed E-state index contributed by atoms with van der Waals surface area (Å²) in [6.45, 7) is 4.05. The molecule has 0 aliphatic rings. The normalized spacial score (nSPS) is 11.6. The van der Waals surface area contributed by atoms with Gasteiger partial charge in [0, 0.05) is 12.3 Å². The van der Waals surface area contributed by atoms with Crippen molar-refractivity contribution in [3.8, 4) is 5.75 Å². The third-order valence-electron chi connectivity index (χ3n) is 2.98. The molecule has 2 N–H and O–H groups in total. The van der Waals surface area contributed by atoms with Crippen molar-refractivity contribution >= 4 is 21.8 Å². The van der Waals surface area contributed by atoms with Crippen molar-refractivity contribution in [2.24, 2.45) is 0 Å². The zero-order chi connectivity index (χ0) is 15.7. The molecule has 1 aromatic rings. The van der Waals surface area contributed by atoms with Gasteiger partial charge in [-0.2, -0.15) is 11.8 Å². The second kappa shape index (κ2) is 9.30. The first-order chi connectivity index (χ1) is 10.0. The molecule has 21 heavy (non-hydrogen) atoms. The largest absolute Gasteiger partial charge is 0.497 e. The smallest absolute Gasteiger partial charge is 0.240 e. The molecule has 0 aliphatic carbocycles. The van der Waals surface area contributed by atoms with E-state index in [0.29, 0.717) is 23.6 Å². The van der Waals surface area contributed by atoms with Crippen LogP contribution in [-0.2, 0) is 16.4 Å². The Hall–Kier alpha value is -0.760. The first-order valence-corrected chi connectivity index (χ1v) is 9.79. The molecule has 0 heterocycles. The van der Waals surface area contributed by atoms with Crippen LogP contribution in [0.3, 0.4) is 0 Å². The summed E-state index contributed by atoms with van der Waals surface area (Å²) >= 11 is 1.61. The van der Waals surface area contributed by atoms with Crippen LogP contribution in [0.2, 0.25) is 0 Å². The number of hydrogen-bond acceptors (Lipinski definition) is 5. The second-order valence-electron chi connectivity index (χ2n) is 4.47. The standard InChI is InChI=1S/C14H24N2O3S2/c1-4-15-8-7-12-11-13(19-2)5-6-14(12)21(17,18)16-9-10-20-3/h5-6,11,15-16H,4,7-10H2,1-3H3. The zero-order valence-electron chi connectivity index (χ0n) is 12.8. The van der Waals surface area contributed by atoms with Gasteiger partial charge in [-0.25, -0.2) is 13.1 Å². The average Bonchev–Trinajstić information content (AvgIpc) is 2.47. The van der Waals surface area contributed by atoms with Crippen LogP contribution >= 0.6 is 11.8 Å². The lowest BCUT2D eigenvalue weighted by molar-refractivity contribution is 0.413. The Morgan fingerprint density at radius 1 is 1.29 bits per heavy atom. The fraction of sp³-hybridized carbons (Fsp3) is 0.571. The van der Waals surface area contributed by atoms with Crippen LogP contribution in [0.5, 0.6) is 5.75 Å². The first-order valence-electron chi connectivity index (χ1n) is 6.91. The van der Waals surface area contributed by atoms with E-state index >= 15 is 0 Å². The van der Waals surface area contributed by atoms with Gasteiger partial charge >= 0.3 is 0 Å². The topological polar surface area (TPSA) is 67.4 Å². The van der Waals surface area contributed by atoms with Gasteiger partial charge < -0.3 is 10.1 Å². The molecule has 0 unspecified atom stereocenters. The third kappa shape index (κ3) is 5.86. The molecule has 0 saturated heterocycles. The lowest BCUT2D eigenvalue weighted by atomic mass is 10.1. The lowest BCUT2D eigenvalue weighted by Crippen LogP contribution is -2.27. The zero-order valence-corrected chi connectivity index (χ0v) is 14.4. The molecule has 0 amide bonds. The summed E-state index contributed by atoms with van der Waals surface area (Å²) in [7, 11) is -1.89. The van der Waals surface area contributed by atoms with Gasteiger partial charge in [-0.05, 0) is 49.5 Å². The Labute approximate surface area is 131 Å². The SMILES string of the molecule is CCNCCc1cc(OC)ccc1S(=O)(=O)NCCSC. The van der Waals surface area contributed by atoms with Gasteiger partial charge in [-0.3, -0.25) is 0 Å². The molecule has 0 fully saturated rings. The van der Waals surface area contributed by atoms with E-state index in [1.807, 2.05) is 13.2 Å². The van der Waals surface area contributed by atoms with Gasteiger partial charge in [0.2, 0.25) is 10.0 Å². The van der Waals surface area contributed by atoms with E-state index in [1.54, 1.807) is 37.1 Å². The van der Waals surface area contributed by atoms with E-state index in [4.69, 9.17) is 4.74 Å². The fourth-order valence-corrected chi connectivity index (χ4v) is 3.61. The molecule has 1 rings (SSSR count). The maximum absolute atomic E-state index is 12.4. The first kappa shape index (κ1) is 18.3. The number of sulfonamides is 1. The van der Waals surface area contributed by atoms with Crippen molar-refractivity contribution in [2.75, 3.05) is 38.8 Å². The van der Waals surface area contributed by atoms with Crippen molar-refractivity contribution in [2.45, 2.75) is 18.2 Å². The summed E-state index contributed by atoms with van der Waals surface area (Å²) in [6, 6.07) is 5.09. The maximum Gasteiger partial charge on any atom is 0.240 e. The molecular weight excluding hydrogens is 308 g/mol. The molecule has 0 radical (unpaired) electrons. The highest BCUT2D eigenvalue weighted by Crippen LogP contribution is 2.22. The lowest BCUT2D eigenvalue weighted by Gasteiger charge is -2.13. The van der Waals surface area contributed by atoms with Crippen molar-refractivity contribution in [3.05, 3.63) is 23.8 Å². The number of methoxy groups -OCH3 is 1. The van der Waals surface area contributed by atoms with Crippen molar-refractivity contribution in [3.63, 3.8) is 0 Å². The van der Waals surface area contributed by atoms with Gasteiger partial charge in [0.25, 0.3) is 0 Å². The highest BCUT2D eigenvalue weighted by molar-refractivity contribution is 7.98. The summed E-state index contributed by atoms with van der Waals surface area (Å²) in [5.74, 6) is 1.42. The predicted octanol–water partition coefficient (Wildman–Crippen LogP) is 1.49. The molecule has 0 aliphatic heterocycles. The third-order valence-corrected chi connectivity index (χ3v) is 5.15. The highest BCUT2D eigenvalue weighted by atomic mass is 32.2. The van der Waals surface area contributed by atoms with Crippen LogP contribution in [0.4, 0.5) is 0 Å². The van der Waals surface area contributed by atoms with Crippen LogP contribution in [0.15, 0.2) is 23.1 Å². The molecule has 5 nitrogen and oxygen atoms in total. The summed E-state index contributed by atoms with van der Waals surface area (Å²) < 4.78 is 32.6. The molecule has 0 atom stereocenters. The van der Waals surface area contributed by atoms with Crippen molar-refractivity contribution in [1.82, 2.24) is 10.0 Å². The summed E-state index contributed by atoms with van der Waals surface area (Å²) in [5.41, 5.74) is 0.770. The quantitative estimate of drug-likeness (QED) is 0.636. The molecule has 0 saturated carbocycles. The Bertz CT molecular complexity index is 533. The summed E-state index contributed by atoms with van der Waals surface area (Å²) in [6.07, 6.45) is 2.59. The Morgan fingerprint density at radius 2 is 2.05 bits per heavy atom. The second-order valence-corrected chi connectivity index (χ2v) is 7.19. The van der Waals surface area contributed by atoms with Crippen molar-refractivity contribution in [1.29, 1.82) is 0 Å². The molecule has 0 aromatic heterocycles. The number of hydrogen-bond donors (Lipinski definition) is 2. The van der Waals surface area contributed by atoms with Crippen molar-refractivity contribution < 1.29 is 13.2 Å². The molecular formula is C14H24N2O3S2. The van der Waals surface area contributed by atoms with Gasteiger partial charge in [0.05, 0.1) is 12.0 Å². The van der Waals surface area contributed by atoms with Crippen LogP contribution in [0.25, 0.3) is 0 Å². The summed E-state index contributed by atoms with van der Waals surface area (Å²) in [4.78, 5) is 0.335. The van der Waals surface area contributed by atoms with E-state index in [-0.39, 0.29) is 0 Å². The predicted molar refractivity (Wildman–Crippen MR) is 88.8 cm³/mol. The van der Waals surface area contributed by atoms with Gasteiger partial charge in [0.1, 0.15) is 5.75 Å². The Morgan fingerprint density at radius 3 is 2.67 bits per heavy atom. The number of rotatable bonds is 10. The van der Waals surface area contributed by atoms with E-state index in [0.717, 1.165) is 24.4 Å². The molecule has 0 spiro atoms. The van der Waals surface area contributed by atoms with Crippen LogP contribution in [0, 0.1) is 0 Å². The Balaban J connectivity index is 2.97. The van der Waals surface area contributed by atoms with Crippen LogP contribution in [0.1, 0.15) is 12.5 Å². The van der Waals surface area contributed by atoms with Crippen LogP contribution < -0.4 is 14.8 Å². The Kier molecular flexibility index (Phi) is 8.10. The van der Waals surface area contributed by atoms with Crippen LogP contribution in [-0.4, -0.2) is 47.2 Å². The maximum atomic E-state index is 12.4. The molecule has 0 bridgehead atoms. The number of ether oxygens (including phenoxy) is 1. The van der Waals surface area contributed by atoms with Gasteiger partial charge in [-0.15, -0.1) is 0 Å². The number of likely N-dealkylation sites (N-methyl/N-ethyl adjacent to an activating group) is 1. The monoisotopic (exact) mass is 332 g/mol. The molecule has 1 aromatic carbocycles. The minimum Gasteiger partial charge on any atom is -0.497 e. The van der Waals surface area contributed by atoms with Gasteiger partial charge in [0.15, 0.2) is 0 Å². The highest BCUT2D eigenvalue weighted by Gasteiger charge is 2.18. The van der Waals surface area contributed by atoms with Gasteiger partial charge in [-0.1, -0.05) is 6.92 Å². The average molecular weight is 332 g/mol. The van der Waals surface area contributed by atoms with E-state index in [1.165, 1.54) is 0 Å². The van der Waals surface area contributed by atoms with E-state index in [9.17, 15) is 8.42 Å². The molecule has 120 valence electrons. The fourth-order valence-electron chi connectivity index (χ4n) is 1.90. The number of benzene rings is 1.